The number of ether oxygens (including phenoxy) is 1. The minimum Gasteiger partial charge on any atom is -0.480 e. The molecule has 2 aromatic carbocycles. The molecule has 5 rings (SSSR count). The number of aliphatic carboxylic acids is 1. The third-order valence-electron chi connectivity index (χ3n) is 6.10. The molecule has 0 aliphatic heterocycles. The van der Waals surface area contributed by atoms with E-state index in [2.05, 4.69) is 5.32 Å². The van der Waals surface area contributed by atoms with E-state index in [4.69, 9.17) is 16.3 Å². The minimum absolute atomic E-state index is 0.0614. The van der Waals surface area contributed by atoms with Crippen LogP contribution in [0.4, 0.5) is 4.79 Å². The molecule has 0 spiro atoms. The molecule has 3 aliphatic carbocycles. The number of rotatable bonds is 6. The topological polar surface area (TPSA) is 75.6 Å². The van der Waals surface area contributed by atoms with E-state index in [0.29, 0.717) is 19.3 Å². The number of nitrogens with one attached hydrogen (secondary N) is 1. The first kappa shape index (κ1) is 18.8. The van der Waals surface area contributed by atoms with Crippen molar-refractivity contribution in [3.05, 3.63) is 70.2 Å². The first-order chi connectivity index (χ1) is 13.3. The maximum atomic E-state index is 12.2. The first-order valence-electron chi connectivity index (χ1n) is 9.30. The van der Waals surface area contributed by atoms with Crippen molar-refractivity contribution in [1.82, 2.24) is 5.32 Å². The summed E-state index contributed by atoms with van der Waals surface area (Å²) in [5, 5.41) is 13.0. The molecule has 1 amide bonds. The summed E-state index contributed by atoms with van der Waals surface area (Å²) in [6.45, 7) is 2.10. The molecule has 0 aromatic heterocycles. The molecule has 28 heavy (non-hydrogen) atoms. The molecule has 3 saturated carbocycles. The van der Waals surface area contributed by atoms with E-state index < -0.39 is 23.5 Å². The van der Waals surface area contributed by atoms with Crippen molar-refractivity contribution >= 4 is 23.7 Å². The Hall–Kier alpha value is -2.53. The summed E-state index contributed by atoms with van der Waals surface area (Å²) in [5.41, 5.74) is 2.54. The van der Waals surface area contributed by atoms with Gasteiger partial charge in [0.1, 0.15) is 12.6 Å². The van der Waals surface area contributed by atoms with Crippen LogP contribution < -0.4 is 5.32 Å². The highest BCUT2D eigenvalue weighted by molar-refractivity contribution is 6.31. The van der Waals surface area contributed by atoms with Gasteiger partial charge < -0.3 is 15.2 Å². The quantitative estimate of drug-likeness (QED) is 0.752. The number of benzene rings is 2. The van der Waals surface area contributed by atoms with Crippen molar-refractivity contribution < 1.29 is 19.4 Å². The zero-order valence-electron chi connectivity index (χ0n) is 15.6. The van der Waals surface area contributed by atoms with E-state index in [1.54, 1.807) is 0 Å². The predicted molar refractivity (Wildman–Crippen MR) is 105 cm³/mol. The number of carboxylic acid groups (broad SMARTS) is 1. The number of hydrogen-bond donors (Lipinski definition) is 2. The SMILES string of the molecule is Cc1ccc(C23CC(C(NC(=O)OCc4ccccc4)C(=O)O)(C2)C3)c(Cl)c1. The number of carbonyl (C=O) groups is 2. The Morgan fingerprint density at radius 2 is 1.86 bits per heavy atom. The lowest BCUT2D eigenvalue weighted by atomic mass is 9.31. The summed E-state index contributed by atoms with van der Waals surface area (Å²) in [6.07, 6.45) is 1.42. The maximum absolute atomic E-state index is 12.2. The zero-order chi connectivity index (χ0) is 19.9. The Balaban J connectivity index is 1.39. The third kappa shape index (κ3) is 3.14. The summed E-state index contributed by atoms with van der Waals surface area (Å²) in [5.74, 6) is -1.03. The first-order valence-corrected chi connectivity index (χ1v) is 9.68. The Kier molecular flexibility index (Phi) is 4.58. The Labute approximate surface area is 168 Å². The Bertz CT molecular complexity index is 908. The van der Waals surface area contributed by atoms with Gasteiger partial charge in [-0.3, -0.25) is 0 Å². The molecule has 2 N–H and O–H groups in total. The molecule has 0 heterocycles. The highest BCUT2D eigenvalue weighted by Gasteiger charge is 2.73. The van der Waals surface area contributed by atoms with Gasteiger partial charge in [-0.05, 0) is 54.4 Å². The Morgan fingerprint density at radius 1 is 1.18 bits per heavy atom. The van der Waals surface area contributed by atoms with Gasteiger partial charge in [0.15, 0.2) is 0 Å². The summed E-state index contributed by atoms with van der Waals surface area (Å²) in [6, 6.07) is 14.3. The molecule has 3 aliphatic rings. The fourth-order valence-corrected chi connectivity index (χ4v) is 5.30. The van der Waals surface area contributed by atoms with Crippen LogP contribution in [0.25, 0.3) is 0 Å². The van der Waals surface area contributed by atoms with Crippen molar-refractivity contribution in [3.8, 4) is 0 Å². The summed E-state index contributed by atoms with van der Waals surface area (Å²) >= 11 is 6.42. The van der Waals surface area contributed by atoms with Gasteiger partial charge in [0.05, 0.1) is 0 Å². The van der Waals surface area contributed by atoms with Crippen LogP contribution in [-0.2, 0) is 21.6 Å². The zero-order valence-corrected chi connectivity index (χ0v) is 16.3. The second-order valence-electron chi connectivity index (χ2n) is 8.13. The lowest BCUT2D eigenvalue weighted by Crippen LogP contribution is -2.73. The van der Waals surface area contributed by atoms with Crippen LogP contribution in [0, 0.1) is 12.3 Å². The van der Waals surface area contributed by atoms with Crippen LogP contribution >= 0.6 is 11.6 Å². The van der Waals surface area contributed by atoms with Crippen LogP contribution in [0.5, 0.6) is 0 Å². The fourth-order valence-electron chi connectivity index (χ4n) is 4.87. The predicted octanol–water partition coefficient (Wildman–Crippen LogP) is 4.45. The van der Waals surface area contributed by atoms with Crippen LogP contribution in [0.2, 0.25) is 5.02 Å². The lowest BCUT2D eigenvalue weighted by Gasteiger charge is -2.72. The summed E-state index contributed by atoms with van der Waals surface area (Å²) < 4.78 is 5.20. The van der Waals surface area contributed by atoms with Gasteiger partial charge >= 0.3 is 12.1 Å². The molecular weight excluding hydrogens is 378 g/mol. The Morgan fingerprint density at radius 3 is 2.46 bits per heavy atom. The van der Waals surface area contributed by atoms with Crippen molar-refractivity contribution in [3.63, 3.8) is 0 Å². The molecule has 3 fully saturated rings. The summed E-state index contributed by atoms with van der Waals surface area (Å²) in [7, 11) is 0. The molecule has 1 unspecified atom stereocenters. The molecule has 146 valence electrons. The van der Waals surface area contributed by atoms with Crippen molar-refractivity contribution in [1.29, 1.82) is 0 Å². The van der Waals surface area contributed by atoms with E-state index >= 15 is 0 Å². The number of hydrogen-bond acceptors (Lipinski definition) is 3. The van der Waals surface area contributed by atoms with E-state index in [1.807, 2.05) is 55.5 Å². The molecule has 1 atom stereocenters. The van der Waals surface area contributed by atoms with Crippen LogP contribution in [0.3, 0.4) is 0 Å². The lowest BCUT2D eigenvalue weighted by molar-refractivity contribution is -0.183. The van der Waals surface area contributed by atoms with E-state index in [0.717, 1.165) is 21.7 Å². The molecular formula is C22H22ClNO4. The molecule has 2 aromatic rings. The normalized spacial score (nSPS) is 25.8. The van der Waals surface area contributed by atoms with Gasteiger partial charge in [-0.2, -0.15) is 0 Å². The molecule has 5 nitrogen and oxygen atoms in total. The number of aryl methyl sites for hydroxylation is 1. The van der Waals surface area contributed by atoms with Crippen molar-refractivity contribution in [2.75, 3.05) is 0 Å². The standard InChI is InChI=1S/C22H22ClNO4/c1-14-7-8-16(17(23)9-14)21-11-22(12-21,13-21)18(19(25)26)24-20(27)28-10-15-5-3-2-4-6-15/h2-9,18H,10-13H2,1H3,(H,24,27)(H,25,26). The average Bonchev–Trinajstić information content (AvgIpc) is 2.59. The molecule has 6 heteroatoms. The monoisotopic (exact) mass is 399 g/mol. The average molecular weight is 400 g/mol. The minimum atomic E-state index is -1.03. The number of halogens is 1. The number of carbonyl (C=O) groups excluding carboxylic acids is 1. The van der Waals surface area contributed by atoms with Gasteiger partial charge in [-0.25, -0.2) is 9.59 Å². The summed E-state index contributed by atoms with van der Waals surface area (Å²) in [4.78, 5) is 24.0. The number of alkyl carbamates (subject to hydrolysis) is 1. The van der Waals surface area contributed by atoms with Gasteiger partial charge in [-0.1, -0.05) is 54.1 Å². The number of carboxylic acids is 1. The second kappa shape index (κ2) is 6.82. The fraction of sp³-hybridized carbons (Fsp3) is 0.364. The largest absolute Gasteiger partial charge is 0.480 e. The van der Waals surface area contributed by atoms with E-state index in [9.17, 15) is 14.7 Å². The second-order valence-corrected chi connectivity index (χ2v) is 8.54. The van der Waals surface area contributed by atoms with Crippen molar-refractivity contribution in [2.24, 2.45) is 5.41 Å². The van der Waals surface area contributed by atoms with Gasteiger partial charge in [0.25, 0.3) is 0 Å². The highest BCUT2D eigenvalue weighted by Crippen LogP contribution is 2.75. The van der Waals surface area contributed by atoms with Crippen LogP contribution in [-0.4, -0.2) is 23.2 Å². The molecule has 0 saturated heterocycles. The molecule has 0 radical (unpaired) electrons. The smallest absolute Gasteiger partial charge is 0.408 e. The van der Waals surface area contributed by atoms with Gasteiger partial charge in [0, 0.05) is 10.4 Å². The van der Waals surface area contributed by atoms with Gasteiger partial charge in [0.2, 0.25) is 0 Å². The number of amides is 1. The third-order valence-corrected chi connectivity index (χ3v) is 6.41. The van der Waals surface area contributed by atoms with E-state index in [-0.39, 0.29) is 12.0 Å². The van der Waals surface area contributed by atoms with E-state index in [1.165, 1.54) is 0 Å². The molecule has 2 bridgehead atoms. The van der Waals surface area contributed by atoms with Crippen LogP contribution in [0.1, 0.15) is 36.0 Å². The highest BCUT2D eigenvalue weighted by atomic mass is 35.5. The van der Waals surface area contributed by atoms with Crippen molar-refractivity contribution in [2.45, 2.75) is 44.2 Å². The van der Waals surface area contributed by atoms with Crippen LogP contribution in [0.15, 0.2) is 48.5 Å². The van der Waals surface area contributed by atoms with Gasteiger partial charge in [-0.15, -0.1) is 0 Å². The maximum Gasteiger partial charge on any atom is 0.408 e.